The van der Waals surface area contributed by atoms with E-state index >= 15 is 0 Å². The maximum atomic E-state index is 10.6. The number of carbonyl (C=O) groups is 1. The normalized spacial score (nSPS) is 21.7. The van der Waals surface area contributed by atoms with Gasteiger partial charge in [-0.2, -0.15) is 13.2 Å². The number of aliphatic carboxylic acids is 1. The molecule has 0 radical (unpaired) electrons. The lowest BCUT2D eigenvalue weighted by Gasteiger charge is -2.48. The van der Waals surface area contributed by atoms with Crippen LogP contribution in [0.4, 0.5) is 19.1 Å². The third kappa shape index (κ3) is 6.60. The van der Waals surface area contributed by atoms with Crippen molar-refractivity contribution in [3.8, 4) is 0 Å². The number of halogens is 3. The number of nitrogens with zero attached hydrogens (tertiary/aromatic N) is 5. The first-order valence-corrected chi connectivity index (χ1v) is 10.3. The smallest absolute Gasteiger partial charge is 0.475 e. The zero-order valence-electron chi connectivity index (χ0n) is 17.8. The Morgan fingerprint density at radius 2 is 1.91 bits per heavy atom. The van der Waals surface area contributed by atoms with Gasteiger partial charge in [-0.25, -0.2) is 14.8 Å². The first-order valence-electron chi connectivity index (χ1n) is 10.3. The van der Waals surface area contributed by atoms with E-state index in [4.69, 9.17) is 14.6 Å². The van der Waals surface area contributed by atoms with E-state index in [1.165, 1.54) is 0 Å². The second-order valence-corrected chi connectivity index (χ2v) is 7.95. The number of piperidine rings is 1. The maximum absolute atomic E-state index is 10.6. The Morgan fingerprint density at radius 3 is 2.53 bits per heavy atom. The summed E-state index contributed by atoms with van der Waals surface area (Å²) in [5.41, 5.74) is 2.08. The molecule has 174 valence electrons. The van der Waals surface area contributed by atoms with Gasteiger partial charge in [0.15, 0.2) is 0 Å². The lowest BCUT2D eigenvalue weighted by Crippen LogP contribution is -2.60. The molecular formula is C21H26F3N5O3. The Bertz CT molecular complexity index is 878. The number of anilines is 1. The number of carboxylic acid groups (broad SMARTS) is 1. The Morgan fingerprint density at radius 1 is 1.19 bits per heavy atom. The predicted molar refractivity (Wildman–Crippen MR) is 110 cm³/mol. The van der Waals surface area contributed by atoms with Gasteiger partial charge in [0.1, 0.15) is 0 Å². The summed E-state index contributed by atoms with van der Waals surface area (Å²) in [6, 6.07) is 6.11. The van der Waals surface area contributed by atoms with Crippen molar-refractivity contribution >= 4 is 11.9 Å². The maximum Gasteiger partial charge on any atom is 0.490 e. The van der Waals surface area contributed by atoms with E-state index in [0.29, 0.717) is 0 Å². The van der Waals surface area contributed by atoms with Gasteiger partial charge in [0, 0.05) is 38.2 Å². The number of carboxylic acids is 1. The number of hydrogen-bond acceptors (Lipinski definition) is 7. The van der Waals surface area contributed by atoms with Crippen molar-refractivity contribution in [1.29, 1.82) is 0 Å². The Kier molecular flexibility index (Phi) is 7.62. The molecule has 0 aliphatic carbocycles. The molecule has 11 heteroatoms. The van der Waals surface area contributed by atoms with E-state index in [2.05, 4.69) is 36.9 Å². The summed E-state index contributed by atoms with van der Waals surface area (Å²) in [7, 11) is 0. The first kappa shape index (κ1) is 23.9. The van der Waals surface area contributed by atoms with E-state index in [9.17, 15) is 13.2 Å². The number of morpholine rings is 1. The number of rotatable bonds is 3. The van der Waals surface area contributed by atoms with Gasteiger partial charge in [-0.05, 0) is 44.0 Å². The molecule has 32 heavy (non-hydrogen) atoms. The summed E-state index contributed by atoms with van der Waals surface area (Å²) >= 11 is 0. The molecule has 4 rings (SSSR count). The summed E-state index contributed by atoms with van der Waals surface area (Å²) in [5, 5.41) is 7.12. The Balaban J connectivity index is 0.000000360. The SMILES string of the molecule is Cc1cnc(N2CCOC3(CCCN(Cc4ccccn4)C3)C2)nc1.O=C(O)C(F)(F)F. The van der Waals surface area contributed by atoms with Crippen LogP contribution in [0, 0.1) is 6.92 Å². The molecule has 0 aromatic carbocycles. The number of ether oxygens (including phenoxy) is 1. The van der Waals surface area contributed by atoms with Crippen LogP contribution in [0.25, 0.3) is 0 Å². The molecule has 2 aromatic rings. The van der Waals surface area contributed by atoms with Crippen LogP contribution < -0.4 is 4.90 Å². The molecular weight excluding hydrogens is 427 g/mol. The van der Waals surface area contributed by atoms with E-state index in [-0.39, 0.29) is 5.60 Å². The molecule has 2 aliphatic rings. The van der Waals surface area contributed by atoms with Crippen LogP contribution in [0.2, 0.25) is 0 Å². The quantitative estimate of drug-likeness (QED) is 0.759. The third-order valence-corrected chi connectivity index (χ3v) is 5.27. The molecule has 8 nitrogen and oxygen atoms in total. The highest BCUT2D eigenvalue weighted by molar-refractivity contribution is 5.73. The van der Waals surface area contributed by atoms with Crippen molar-refractivity contribution in [3.63, 3.8) is 0 Å². The lowest BCUT2D eigenvalue weighted by molar-refractivity contribution is -0.192. The minimum absolute atomic E-state index is 0.125. The zero-order chi connectivity index (χ0) is 23.2. The van der Waals surface area contributed by atoms with E-state index in [0.717, 1.165) is 69.4 Å². The summed E-state index contributed by atoms with van der Waals surface area (Å²) in [5.74, 6) is -1.94. The summed E-state index contributed by atoms with van der Waals surface area (Å²) < 4.78 is 38.0. The second-order valence-electron chi connectivity index (χ2n) is 7.95. The van der Waals surface area contributed by atoms with Crippen LogP contribution in [0.1, 0.15) is 24.1 Å². The van der Waals surface area contributed by atoms with Crippen LogP contribution in [0.5, 0.6) is 0 Å². The van der Waals surface area contributed by atoms with Gasteiger partial charge in [-0.15, -0.1) is 0 Å². The fourth-order valence-corrected chi connectivity index (χ4v) is 3.86. The molecule has 0 saturated carbocycles. The van der Waals surface area contributed by atoms with E-state index in [1.54, 1.807) is 0 Å². The van der Waals surface area contributed by atoms with E-state index in [1.807, 2.05) is 31.6 Å². The monoisotopic (exact) mass is 453 g/mol. The lowest BCUT2D eigenvalue weighted by atomic mass is 9.90. The molecule has 0 amide bonds. The van der Waals surface area contributed by atoms with Crippen LogP contribution in [-0.2, 0) is 16.1 Å². The van der Waals surface area contributed by atoms with Gasteiger partial charge in [0.25, 0.3) is 0 Å². The molecule has 0 bridgehead atoms. The fraction of sp³-hybridized carbons (Fsp3) is 0.524. The predicted octanol–water partition coefficient (Wildman–Crippen LogP) is 2.68. The van der Waals surface area contributed by atoms with Gasteiger partial charge >= 0.3 is 12.1 Å². The minimum atomic E-state index is -5.08. The average molecular weight is 453 g/mol. The van der Waals surface area contributed by atoms with Crippen LogP contribution in [0.15, 0.2) is 36.8 Å². The standard InChI is InChI=1S/C19H25N5O.C2HF3O2/c1-16-11-21-18(22-12-16)24-9-10-25-19(15-24)6-4-8-23(14-19)13-17-5-2-3-7-20-17;3-2(4,5)1(6)7/h2-3,5,7,11-12H,4,6,8-10,13-15H2,1H3;(H,6,7). The number of pyridine rings is 1. The molecule has 1 unspecified atom stereocenters. The summed E-state index contributed by atoms with van der Waals surface area (Å²) in [6.07, 6.45) is 2.80. The molecule has 1 atom stereocenters. The largest absolute Gasteiger partial charge is 0.490 e. The van der Waals surface area contributed by atoms with Crippen molar-refractivity contribution in [3.05, 3.63) is 48.0 Å². The van der Waals surface area contributed by atoms with Gasteiger partial charge < -0.3 is 14.7 Å². The highest BCUT2D eigenvalue weighted by atomic mass is 19.4. The first-order chi connectivity index (χ1) is 15.2. The topological polar surface area (TPSA) is 91.7 Å². The molecule has 4 heterocycles. The van der Waals surface area contributed by atoms with Gasteiger partial charge in [-0.3, -0.25) is 9.88 Å². The molecule has 2 aliphatic heterocycles. The van der Waals surface area contributed by atoms with Crippen LogP contribution in [0.3, 0.4) is 0 Å². The number of aromatic nitrogens is 3. The molecule has 2 saturated heterocycles. The third-order valence-electron chi connectivity index (χ3n) is 5.27. The zero-order valence-corrected chi connectivity index (χ0v) is 17.8. The number of aryl methyl sites for hydroxylation is 1. The van der Waals surface area contributed by atoms with Crippen molar-refractivity contribution in [2.75, 3.05) is 37.7 Å². The number of hydrogen-bond donors (Lipinski definition) is 1. The molecule has 1 N–H and O–H groups in total. The van der Waals surface area contributed by atoms with Gasteiger partial charge in [0.2, 0.25) is 5.95 Å². The Hall–Kier alpha value is -2.79. The molecule has 1 spiro atoms. The van der Waals surface area contributed by atoms with Crippen molar-refractivity contribution in [2.45, 2.75) is 38.1 Å². The van der Waals surface area contributed by atoms with Gasteiger partial charge in [-0.1, -0.05) is 6.07 Å². The van der Waals surface area contributed by atoms with Gasteiger partial charge in [0.05, 0.1) is 24.4 Å². The fourth-order valence-electron chi connectivity index (χ4n) is 3.86. The van der Waals surface area contributed by atoms with Crippen molar-refractivity contribution in [2.24, 2.45) is 0 Å². The molecule has 2 fully saturated rings. The average Bonchev–Trinajstić information content (AvgIpc) is 2.75. The Labute approximate surface area is 184 Å². The van der Waals surface area contributed by atoms with Crippen molar-refractivity contribution in [1.82, 2.24) is 19.9 Å². The highest BCUT2D eigenvalue weighted by Crippen LogP contribution is 2.30. The van der Waals surface area contributed by atoms with E-state index < -0.39 is 12.1 Å². The van der Waals surface area contributed by atoms with Crippen LogP contribution in [-0.4, -0.2) is 75.5 Å². The minimum Gasteiger partial charge on any atom is -0.475 e. The number of alkyl halides is 3. The highest BCUT2D eigenvalue weighted by Gasteiger charge is 2.41. The van der Waals surface area contributed by atoms with Crippen LogP contribution >= 0.6 is 0 Å². The summed E-state index contributed by atoms with van der Waals surface area (Å²) in [4.78, 5) is 27.1. The van der Waals surface area contributed by atoms with Crippen molar-refractivity contribution < 1.29 is 27.8 Å². The molecule has 2 aromatic heterocycles. The number of likely N-dealkylation sites (tertiary alicyclic amines) is 1. The second kappa shape index (κ2) is 10.2. The summed E-state index contributed by atoms with van der Waals surface area (Å²) in [6.45, 7) is 7.37.